The Morgan fingerprint density at radius 1 is 1.20 bits per heavy atom. The SMILES string of the molecule is Cc1cc(-c2noc(-c3ccc(N)s3)n2)cc(C)c1Br. The van der Waals surface area contributed by atoms with E-state index in [1.807, 2.05) is 38.1 Å². The molecule has 0 atom stereocenters. The maximum absolute atomic E-state index is 5.71. The second-order valence-electron chi connectivity index (χ2n) is 4.55. The molecule has 0 radical (unpaired) electrons. The van der Waals surface area contributed by atoms with Gasteiger partial charge >= 0.3 is 0 Å². The molecule has 2 aromatic heterocycles. The van der Waals surface area contributed by atoms with E-state index in [4.69, 9.17) is 10.3 Å². The van der Waals surface area contributed by atoms with Crippen LogP contribution in [0, 0.1) is 13.8 Å². The number of thiophene rings is 1. The third-order valence-corrected chi connectivity index (χ3v) is 5.11. The fourth-order valence-electron chi connectivity index (χ4n) is 1.98. The molecule has 0 aliphatic heterocycles. The molecule has 0 bridgehead atoms. The van der Waals surface area contributed by atoms with Gasteiger partial charge < -0.3 is 10.3 Å². The van der Waals surface area contributed by atoms with Crippen molar-refractivity contribution in [3.63, 3.8) is 0 Å². The Balaban J connectivity index is 2.02. The van der Waals surface area contributed by atoms with Crippen LogP contribution in [0.25, 0.3) is 22.2 Å². The van der Waals surface area contributed by atoms with Crippen molar-refractivity contribution in [2.75, 3.05) is 5.73 Å². The standard InChI is InChI=1S/C14H12BrN3OS/c1-7-5-9(6-8(2)12(7)15)13-17-14(19-18-13)10-3-4-11(16)20-10/h3-6H,16H2,1-2H3. The lowest BCUT2D eigenvalue weighted by molar-refractivity contribution is 0.433. The van der Waals surface area contributed by atoms with E-state index in [1.165, 1.54) is 11.3 Å². The molecule has 0 unspecified atom stereocenters. The number of hydrogen-bond donors (Lipinski definition) is 1. The second-order valence-corrected chi connectivity index (χ2v) is 6.46. The van der Waals surface area contributed by atoms with E-state index in [1.54, 1.807) is 0 Å². The van der Waals surface area contributed by atoms with Crippen LogP contribution >= 0.6 is 27.3 Å². The van der Waals surface area contributed by atoms with E-state index in [0.717, 1.165) is 31.0 Å². The highest BCUT2D eigenvalue weighted by molar-refractivity contribution is 9.10. The first-order valence-corrected chi connectivity index (χ1v) is 7.62. The topological polar surface area (TPSA) is 64.9 Å². The molecule has 3 rings (SSSR count). The Labute approximate surface area is 128 Å². The number of rotatable bonds is 2. The first kappa shape index (κ1) is 13.3. The summed E-state index contributed by atoms with van der Waals surface area (Å²) >= 11 is 4.99. The van der Waals surface area contributed by atoms with Gasteiger partial charge in [0.25, 0.3) is 5.89 Å². The highest BCUT2D eigenvalue weighted by atomic mass is 79.9. The number of nitrogen functional groups attached to an aromatic ring is 1. The van der Waals surface area contributed by atoms with E-state index in [0.29, 0.717) is 11.7 Å². The fraction of sp³-hybridized carbons (Fsp3) is 0.143. The summed E-state index contributed by atoms with van der Waals surface area (Å²) in [7, 11) is 0. The van der Waals surface area contributed by atoms with Crippen molar-refractivity contribution in [1.29, 1.82) is 0 Å². The number of aromatic nitrogens is 2. The zero-order valence-electron chi connectivity index (χ0n) is 11.0. The Bertz CT molecular complexity index is 755. The minimum absolute atomic E-state index is 0.500. The molecule has 0 aliphatic rings. The summed E-state index contributed by atoms with van der Waals surface area (Å²) in [6.45, 7) is 4.09. The molecule has 102 valence electrons. The number of anilines is 1. The molecular formula is C14H12BrN3OS. The zero-order chi connectivity index (χ0) is 14.3. The maximum Gasteiger partial charge on any atom is 0.268 e. The Hall–Kier alpha value is -1.66. The largest absolute Gasteiger partial charge is 0.391 e. The molecule has 2 heterocycles. The molecule has 20 heavy (non-hydrogen) atoms. The number of nitrogens with two attached hydrogens (primary N) is 1. The van der Waals surface area contributed by atoms with E-state index >= 15 is 0 Å². The lowest BCUT2D eigenvalue weighted by Gasteiger charge is -2.04. The average molecular weight is 350 g/mol. The second kappa shape index (κ2) is 5.03. The van der Waals surface area contributed by atoms with Gasteiger partial charge in [-0.1, -0.05) is 21.1 Å². The quantitative estimate of drug-likeness (QED) is 0.743. The van der Waals surface area contributed by atoms with Crippen molar-refractivity contribution in [3.8, 4) is 22.2 Å². The minimum atomic E-state index is 0.500. The van der Waals surface area contributed by atoms with Gasteiger partial charge in [-0.3, -0.25) is 0 Å². The van der Waals surface area contributed by atoms with Crippen molar-refractivity contribution in [1.82, 2.24) is 10.1 Å². The summed E-state index contributed by atoms with van der Waals surface area (Å²) < 4.78 is 6.42. The number of nitrogens with zero attached hydrogens (tertiary/aromatic N) is 2. The van der Waals surface area contributed by atoms with Crippen molar-refractivity contribution in [2.45, 2.75) is 13.8 Å². The molecule has 0 amide bonds. The normalized spacial score (nSPS) is 10.9. The van der Waals surface area contributed by atoms with Crippen LogP contribution in [-0.4, -0.2) is 10.1 Å². The molecule has 0 saturated heterocycles. The van der Waals surface area contributed by atoms with Crippen LogP contribution in [0.2, 0.25) is 0 Å². The van der Waals surface area contributed by atoms with Gasteiger partial charge in [0.05, 0.1) is 9.88 Å². The fourth-order valence-corrected chi connectivity index (χ4v) is 2.91. The lowest BCUT2D eigenvalue weighted by Crippen LogP contribution is -1.87. The van der Waals surface area contributed by atoms with Crippen LogP contribution in [0.4, 0.5) is 5.00 Å². The summed E-state index contributed by atoms with van der Waals surface area (Å²) in [5.41, 5.74) is 8.95. The van der Waals surface area contributed by atoms with Crippen LogP contribution in [0.15, 0.2) is 33.3 Å². The molecule has 6 heteroatoms. The van der Waals surface area contributed by atoms with E-state index in [9.17, 15) is 0 Å². The molecule has 3 aromatic rings. The predicted octanol–water partition coefficient (Wildman–Crippen LogP) is 4.43. The summed E-state index contributed by atoms with van der Waals surface area (Å²) in [4.78, 5) is 5.32. The minimum Gasteiger partial charge on any atom is -0.391 e. The van der Waals surface area contributed by atoms with Crippen LogP contribution in [-0.2, 0) is 0 Å². The molecule has 0 fully saturated rings. The highest BCUT2D eigenvalue weighted by Gasteiger charge is 2.13. The summed E-state index contributed by atoms with van der Waals surface area (Å²) in [5.74, 6) is 1.09. The van der Waals surface area contributed by atoms with Gasteiger partial charge in [-0.25, -0.2) is 0 Å². The molecule has 0 saturated carbocycles. The molecule has 4 nitrogen and oxygen atoms in total. The third kappa shape index (κ3) is 2.36. The zero-order valence-corrected chi connectivity index (χ0v) is 13.4. The van der Waals surface area contributed by atoms with Crippen molar-refractivity contribution in [3.05, 3.63) is 39.9 Å². The Morgan fingerprint density at radius 2 is 1.90 bits per heavy atom. The van der Waals surface area contributed by atoms with Gasteiger partial charge in [0.15, 0.2) is 0 Å². The Morgan fingerprint density at radius 3 is 2.50 bits per heavy atom. The average Bonchev–Trinajstić information content (AvgIpc) is 3.03. The van der Waals surface area contributed by atoms with Crippen LogP contribution < -0.4 is 5.73 Å². The van der Waals surface area contributed by atoms with Crippen molar-refractivity contribution >= 4 is 32.3 Å². The Kier molecular flexibility index (Phi) is 3.35. The van der Waals surface area contributed by atoms with E-state index in [-0.39, 0.29) is 0 Å². The summed E-state index contributed by atoms with van der Waals surface area (Å²) in [5, 5.41) is 4.78. The van der Waals surface area contributed by atoms with E-state index < -0.39 is 0 Å². The van der Waals surface area contributed by atoms with Gasteiger partial charge in [0.1, 0.15) is 0 Å². The monoisotopic (exact) mass is 349 g/mol. The molecular weight excluding hydrogens is 338 g/mol. The van der Waals surface area contributed by atoms with Gasteiger partial charge in [0, 0.05) is 10.0 Å². The molecule has 1 aromatic carbocycles. The number of hydrogen-bond acceptors (Lipinski definition) is 5. The predicted molar refractivity (Wildman–Crippen MR) is 84.6 cm³/mol. The number of benzene rings is 1. The van der Waals surface area contributed by atoms with Gasteiger partial charge in [-0.05, 0) is 49.2 Å². The lowest BCUT2D eigenvalue weighted by atomic mass is 10.1. The van der Waals surface area contributed by atoms with Crippen molar-refractivity contribution in [2.24, 2.45) is 0 Å². The number of halogens is 1. The summed E-state index contributed by atoms with van der Waals surface area (Å²) in [6, 6.07) is 7.79. The van der Waals surface area contributed by atoms with Crippen molar-refractivity contribution < 1.29 is 4.52 Å². The third-order valence-electron chi connectivity index (χ3n) is 2.96. The number of aryl methyl sites for hydroxylation is 2. The van der Waals surface area contributed by atoms with Gasteiger partial charge in [-0.2, -0.15) is 4.98 Å². The van der Waals surface area contributed by atoms with Crippen LogP contribution in [0.1, 0.15) is 11.1 Å². The smallest absolute Gasteiger partial charge is 0.268 e. The van der Waals surface area contributed by atoms with Gasteiger partial charge in [-0.15, -0.1) is 11.3 Å². The summed E-state index contributed by atoms with van der Waals surface area (Å²) in [6.07, 6.45) is 0. The van der Waals surface area contributed by atoms with Crippen LogP contribution in [0.5, 0.6) is 0 Å². The molecule has 2 N–H and O–H groups in total. The molecule has 0 aliphatic carbocycles. The van der Waals surface area contributed by atoms with Gasteiger partial charge in [0.2, 0.25) is 5.82 Å². The van der Waals surface area contributed by atoms with Crippen LogP contribution in [0.3, 0.4) is 0 Å². The van der Waals surface area contributed by atoms with E-state index in [2.05, 4.69) is 26.1 Å². The highest BCUT2D eigenvalue weighted by Crippen LogP contribution is 2.31. The first-order valence-electron chi connectivity index (χ1n) is 6.01. The molecule has 0 spiro atoms. The first-order chi connectivity index (χ1) is 9.54. The maximum atomic E-state index is 5.71.